The van der Waals surface area contributed by atoms with E-state index < -0.39 is 10.0 Å². The van der Waals surface area contributed by atoms with E-state index in [1.165, 1.54) is 18.5 Å². The molecule has 0 radical (unpaired) electrons. The highest BCUT2D eigenvalue weighted by Gasteiger charge is 2.41. The lowest BCUT2D eigenvalue weighted by Gasteiger charge is -2.14. The Labute approximate surface area is 101 Å². The Bertz CT molecular complexity index is 509. The molecule has 1 fully saturated rings. The normalized spacial score (nSPS) is 17.9. The fraction of sp³-hybridized carbons (Fsp3) is 0.545. The number of rotatable bonds is 5. The van der Waals surface area contributed by atoms with Gasteiger partial charge in [0.2, 0.25) is 10.0 Å². The summed E-state index contributed by atoms with van der Waals surface area (Å²) in [6, 6.07) is 1.49. The number of nitrogen functional groups attached to an aromatic ring is 1. The van der Waals surface area contributed by atoms with E-state index in [2.05, 4.69) is 16.6 Å². The third kappa shape index (κ3) is 2.58. The van der Waals surface area contributed by atoms with Gasteiger partial charge < -0.3 is 5.73 Å². The molecule has 3 N–H and O–H groups in total. The van der Waals surface area contributed by atoms with Crippen LogP contribution in [-0.4, -0.2) is 19.9 Å². The van der Waals surface area contributed by atoms with E-state index >= 15 is 0 Å². The van der Waals surface area contributed by atoms with Crippen LogP contribution in [-0.2, 0) is 10.0 Å². The Hall–Kier alpha value is -1.14. The maximum absolute atomic E-state index is 12.0. The van der Waals surface area contributed by atoms with Crippen molar-refractivity contribution in [2.45, 2.75) is 31.1 Å². The smallest absolute Gasteiger partial charge is 0.244 e. The van der Waals surface area contributed by atoms with Gasteiger partial charge in [0.15, 0.2) is 0 Å². The van der Waals surface area contributed by atoms with Crippen molar-refractivity contribution < 1.29 is 8.42 Å². The Kier molecular flexibility index (Phi) is 3.09. The number of nitrogens with zero attached hydrogens (tertiary/aromatic N) is 1. The molecule has 5 nitrogen and oxygen atoms in total. The van der Waals surface area contributed by atoms with Gasteiger partial charge in [0.25, 0.3) is 0 Å². The van der Waals surface area contributed by atoms with Crippen LogP contribution in [0.3, 0.4) is 0 Å². The zero-order chi connectivity index (χ0) is 12.5. The monoisotopic (exact) mass is 255 g/mol. The first-order valence-electron chi connectivity index (χ1n) is 5.68. The molecular formula is C11H17N3O2S. The van der Waals surface area contributed by atoms with Gasteiger partial charge >= 0.3 is 0 Å². The molecule has 0 bridgehead atoms. The minimum absolute atomic E-state index is 0.0619. The second-order valence-electron chi connectivity index (χ2n) is 4.59. The number of nitrogens with two attached hydrogens (primary N) is 1. The lowest BCUT2D eigenvalue weighted by molar-refractivity contribution is 0.475. The standard InChI is InChI=1S/C11H17N3O2S/c1-2-11(4-5-11)8-14-17(15,16)10-7-13-6-3-9(10)12/h3,6-7,14H,2,4-5,8H2,1H3,(H2,12,13). The van der Waals surface area contributed by atoms with Crippen molar-refractivity contribution in [3.8, 4) is 0 Å². The van der Waals surface area contributed by atoms with Crippen LogP contribution in [0.25, 0.3) is 0 Å². The molecule has 0 aliphatic heterocycles. The van der Waals surface area contributed by atoms with Gasteiger partial charge in [0.1, 0.15) is 4.90 Å². The first-order valence-corrected chi connectivity index (χ1v) is 7.17. The molecule has 17 heavy (non-hydrogen) atoms. The Morgan fingerprint density at radius 1 is 1.53 bits per heavy atom. The quantitative estimate of drug-likeness (QED) is 0.826. The average molecular weight is 255 g/mol. The van der Waals surface area contributed by atoms with Crippen molar-refractivity contribution in [2.75, 3.05) is 12.3 Å². The molecule has 1 aromatic heterocycles. The SMILES string of the molecule is CCC1(CNS(=O)(=O)c2cnccc2N)CC1. The number of anilines is 1. The lowest BCUT2D eigenvalue weighted by Crippen LogP contribution is -2.30. The fourth-order valence-corrected chi connectivity index (χ4v) is 3.00. The average Bonchev–Trinajstić information content (AvgIpc) is 3.08. The van der Waals surface area contributed by atoms with Gasteiger partial charge in [0.05, 0.1) is 5.69 Å². The van der Waals surface area contributed by atoms with Gasteiger partial charge in [-0.15, -0.1) is 0 Å². The Balaban J connectivity index is 2.12. The summed E-state index contributed by atoms with van der Waals surface area (Å²) in [5, 5.41) is 0. The van der Waals surface area contributed by atoms with Crippen LogP contribution in [0.4, 0.5) is 5.69 Å². The molecule has 0 unspecified atom stereocenters. The highest BCUT2D eigenvalue weighted by atomic mass is 32.2. The molecule has 1 aromatic rings. The number of pyridine rings is 1. The summed E-state index contributed by atoms with van der Waals surface area (Å²) in [7, 11) is -3.53. The van der Waals surface area contributed by atoms with Crippen molar-refractivity contribution in [2.24, 2.45) is 5.41 Å². The second-order valence-corrected chi connectivity index (χ2v) is 6.33. The molecule has 0 spiro atoms. The van der Waals surface area contributed by atoms with Crippen LogP contribution >= 0.6 is 0 Å². The van der Waals surface area contributed by atoms with E-state index in [-0.39, 0.29) is 16.0 Å². The number of nitrogens with one attached hydrogen (secondary N) is 1. The van der Waals surface area contributed by atoms with Crippen LogP contribution < -0.4 is 10.5 Å². The number of aromatic nitrogens is 1. The van der Waals surface area contributed by atoms with Gasteiger partial charge in [-0.2, -0.15) is 0 Å². The van der Waals surface area contributed by atoms with Crippen molar-refractivity contribution in [3.05, 3.63) is 18.5 Å². The predicted octanol–water partition coefficient (Wildman–Crippen LogP) is 1.13. The van der Waals surface area contributed by atoms with Crippen molar-refractivity contribution >= 4 is 15.7 Å². The molecule has 0 atom stereocenters. The number of hydrogen-bond donors (Lipinski definition) is 2. The largest absolute Gasteiger partial charge is 0.398 e. The van der Waals surface area contributed by atoms with E-state index in [1.807, 2.05) is 0 Å². The summed E-state index contributed by atoms with van der Waals surface area (Å²) in [6.07, 6.45) is 5.94. The molecular weight excluding hydrogens is 238 g/mol. The molecule has 6 heteroatoms. The minimum Gasteiger partial charge on any atom is -0.398 e. The topological polar surface area (TPSA) is 85.1 Å². The van der Waals surface area contributed by atoms with Crippen molar-refractivity contribution in [1.82, 2.24) is 9.71 Å². The van der Waals surface area contributed by atoms with Gasteiger partial charge in [-0.1, -0.05) is 6.92 Å². The molecule has 1 heterocycles. The summed E-state index contributed by atoms with van der Waals surface area (Å²) in [5.74, 6) is 0. The summed E-state index contributed by atoms with van der Waals surface area (Å²) in [4.78, 5) is 3.85. The number of sulfonamides is 1. The molecule has 1 saturated carbocycles. The van der Waals surface area contributed by atoms with E-state index in [1.54, 1.807) is 0 Å². The molecule has 0 aromatic carbocycles. The molecule has 2 rings (SSSR count). The summed E-state index contributed by atoms with van der Waals surface area (Å²) >= 11 is 0. The van der Waals surface area contributed by atoms with E-state index in [0.29, 0.717) is 6.54 Å². The maximum Gasteiger partial charge on any atom is 0.244 e. The van der Waals surface area contributed by atoms with Gasteiger partial charge in [-0.05, 0) is 30.7 Å². The van der Waals surface area contributed by atoms with Crippen molar-refractivity contribution in [1.29, 1.82) is 0 Å². The number of hydrogen-bond acceptors (Lipinski definition) is 4. The molecule has 94 valence electrons. The molecule has 0 amide bonds. The highest BCUT2D eigenvalue weighted by Crippen LogP contribution is 2.48. The maximum atomic E-state index is 12.0. The van der Waals surface area contributed by atoms with Gasteiger partial charge in [-0.25, -0.2) is 13.1 Å². The van der Waals surface area contributed by atoms with Crippen LogP contribution in [0, 0.1) is 5.41 Å². The van der Waals surface area contributed by atoms with Crippen LogP contribution in [0.1, 0.15) is 26.2 Å². The molecule has 1 aliphatic rings. The Morgan fingerprint density at radius 3 is 2.76 bits per heavy atom. The van der Waals surface area contributed by atoms with Crippen LogP contribution in [0.15, 0.2) is 23.4 Å². The van der Waals surface area contributed by atoms with E-state index in [9.17, 15) is 8.42 Å². The van der Waals surface area contributed by atoms with Crippen LogP contribution in [0.2, 0.25) is 0 Å². The lowest BCUT2D eigenvalue weighted by atomic mass is 10.1. The third-order valence-corrected chi connectivity index (χ3v) is 4.89. The first-order chi connectivity index (χ1) is 7.99. The first kappa shape index (κ1) is 12.3. The van der Waals surface area contributed by atoms with Gasteiger partial charge in [-0.3, -0.25) is 4.98 Å². The second kappa shape index (κ2) is 4.27. The van der Waals surface area contributed by atoms with Crippen LogP contribution in [0.5, 0.6) is 0 Å². The van der Waals surface area contributed by atoms with Gasteiger partial charge in [0, 0.05) is 18.9 Å². The Morgan fingerprint density at radius 2 is 2.24 bits per heavy atom. The summed E-state index contributed by atoms with van der Waals surface area (Å²) < 4.78 is 26.6. The fourth-order valence-electron chi connectivity index (χ4n) is 1.77. The minimum atomic E-state index is -3.53. The summed E-state index contributed by atoms with van der Waals surface area (Å²) in [6.45, 7) is 2.57. The predicted molar refractivity (Wildman–Crippen MR) is 65.8 cm³/mol. The third-order valence-electron chi connectivity index (χ3n) is 3.45. The highest BCUT2D eigenvalue weighted by molar-refractivity contribution is 7.89. The van der Waals surface area contributed by atoms with E-state index in [0.717, 1.165) is 19.3 Å². The summed E-state index contributed by atoms with van der Waals surface area (Å²) in [5.41, 5.74) is 6.04. The van der Waals surface area contributed by atoms with Crippen molar-refractivity contribution in [3.63, 3.8) is 0 Å². The zero-order valence-electron chi connectivity index (χ0n) is 9.81. The van der Waals surface area contributed by atoms with E-state index in [4.69, 9.17) is 5.73 Å². The molecule has 1 aliphatic carbocycles. The molecule has 0 saturated heterocycles. The zero-order valence-corrected chi connectivity index (χ0v) is 10.6.